The Morgan fingerprint density at radius 1 is 1.38 bits per heavy atom. The predicted molar refractivity (Wildman–Crippen MR) is 59.0 cm³/mol. The minimum Gasteiger partial charge on any atom is -0.497 e. The summed E-state index contributed by atoms with van der Waals surface area (Å²) in [4.78, 5) is 4.14. The minimum absolute atomic E-state index is 0. The van der Waals surface area contributed by atoms with Gasteiger partial charge in [-0.25, -0.2) is 4.98 Å². The SMILES string of the molecule is N.OC(=S)c1nc2ccccc2s1. The molecule has 2 rings (SSSR count). The summed E-state index contributed by atoms with van der Waals surface area (Å²) >= 11 is 6.01. The van der Waals surface area contributed by atoms with Crippen LogP contribution in [-0.4, -0.2) is 15.1 Å². The third-order valence-electron chi connectivity index (χ3n) is 1.48. The summed E-state index contributed by atoms with van der Waals surface area (Å²) in [5.74, 6) is 0. The van der Waals surface area contributed by atoms with Gasteiger partial charge in [-0.1, -0.05) is 12.1 Å². The van der Waals surface area contributed by atoms with E-state index in [0.29, 0.717) is 5.01 Å². The molecular formula is C8H8N2OS2. The van der Waals surface area contributed by atoms with Crippen molar-refractivity contribution in [2.75, 3.05) is 0 Å². The molecule has 4 N–H and O–H groups in total. The Balaban J connectivity index is 0.000000845. The Kier molecular flexibility index (Phi) is 2.92. The second kappa shape index (κ2) is 3.78. The van der Waals surface area contributed by atoms with Crippen LogP contribution < -0.4 is 6.15 Å². The topological polar surface area (TPSA) is 68.1 Å². The zero-order chi connectivity index (χ0) is 8.55. The summed E-state index contributed by atoms with van der Waals surface area (Å²) < 4.78 is 1.05. The van der Waals surface area contributed by atoms with E-state index in [1.807, 2.05) is 24.3 Å². The van der Waals surface area contributed by atoms with Crippen molar-refractivity contribution in [3.05, 3.63) is 29.3 Å². The summed E-state index contributed by atoms with van der Waals surface area (Å²) in [6, 6.07) is 7.69. The molecule has 0 amide bonds. The first kappa shape index (κ1) is 10.0. The largest absolute Gasteiger partial charge is 0.497 e. The van der Waals surface area contributed by atoms with Gasteiger partial charge in [-0.2, -0.15) is 0 Å². The molecule has 0 saturated heterocycles. The summed E-state index contributed by atoms with van der Waals surface area (Å²) in [6.45, 7) is 0. The maximum Gasteiger partial charge on any atom is 0.218 e. The van der Waals surface area contributed by atoms with E-state index in [2.05, 4.69) is 17.2 Å². The monoisotopic (exact) mass is 212 g/mol. The average molecular weight is 212 g/mol. The van der Waals surface area contributed by atoms with E-state index in [1.165, 1.54) is 11.3 Å². The molecule has 0 atom stereocenters. The molecule has 3 nitrogen and oxygen atoms in total. The molecule has 0 bridgehead atoms. The summed E-state index contributed by atoms with van der Waals surface area (Å²) in [6.07, 6.45) is 0. The van der Waals surface area contributed by atoms with Crippen molar-refractivity contribution in [1.29, 1.82) is 0 Å². The second-order valence-corrected chi connectivity index (χ2v) is 3.71. The highest BCUT2D eigenvalue weighted by Crippen LogP contribution is 2.21. The first-order chi connectivity index (χ1) is 5.77. The molecule has 2 aromatic rings. The predicted octanol–water partition coefficient (Wildman–Crippen LogP) is 2.69. The fourth-order valence-corrected chi connectivity index (χ4v) is 1.94. The van der Waals surface area contributed by atoms with Crippen molar-refractivity contribution in [2.24, 2.45) is 0 Å². The van der Waals surface area contributed by atoms with Gasteiger partial charge in [0.1, 0.15) is 0 Å². The van der Waals surface area contributed by atoms with E-state index >= 15 is 0 Å². The molecule has 0 spiro atoms. The van der Waals surface area contributed by atoms with Crippen LogP contribution in [0.1, 0.15) is 5.01 Å². The van der Waals surface area contributed by atoms with Crippen molar-refractivity contribution < 1.29 is 5.11 Å². The number of aromatic nitrogens is 1. The van der Waals surface area contributed by atoms with Gasteiger partial charge in [0.05, 0.1) is 10.2 Å². The van der Waals surface area contributed by atoms with Gasteiger partial charge in [0.2, 0.25) is 5.05 Å². The van der Waals surface area contributed by atoms with Crippen LogP contribution in [0.4, 0.5) is 0 Å². The lowest BCUT2D eigenvalue weighted by Crippen LogP contribution is -1.91. The maximum absolute atomic E-state index is 9.00. The summed E-state index contributed by atoms with van der Waals surface area (Å²) in [5.41, 5.74) is 0.883. The third kappa shape index (κ3) is 1.82. The molecule has 1 heterocycles. The molecule has 0 fully saturated rings. The highest BCUT2D eigenvalue weighted by Gasteiger charge is 2.05. The number of para-hydroxylation sites is 1. The van der Waals surface area contributed by atoms with Crippen LogP contribution in [0.2, 0.25) is 0 Å². The second-order valence-electron chi connectivity index (χ2n) is 2.29. The molecule has 0 aliphatic carbocycles. The van der Waals surface area contributed by atoms with Crippen molar-refractivity contribution in [1.82, 2.24) is 11.1 Å². The van der Waals surface area contributed by atoms with Gasteiger partial charge in [0, 0.05) is 0 Å². The summed E-state index contributed by atoms with van der Waals surface area (Å²) in [7, 11) is 0. The van der Waals surface area contributed by atoms with E-state index in [1.54, 1.807) is 0 Å². The third-order valence-corrected chi connectivity index (χ3v) is 2.84. The number of fused-ring (bicyclic) bond motifs is 1. The Labute approximate surface area is 84.6 Å². The smallest absolute Gasteiger partial charge is 0.218 e. The van der Waals surface area contributed by atoms with Gasteiger partial charge in [0.15, 0.2) is 5.01 Å². The quantitative estimate of drug-likeness (QED) is 0.713. The Bertz CT molecular complexity index is 405. The van der Waals surface area contributed by atoms with E-state index in [0.717, 1.165) is 10.2 Å². The van der Waals surface area contributed by atoms with Crippen LogP contribution in [0.25, 0.3) is 10.2 Å². The molecule has 5 heteroatoms. The van der Waals surface area contributed by atoms with E-state index in [-0.39, 0.29) is 11.2 Å². The van der Waals surface area contributed by atoms with Gasteiger partial charge < -0.3 is 11.3 Å². The fraction of sp³-hybridized carbons (Fsp3) is 0. The van der Waals surface area contributed by atoms with E-state index < -0.39 is 0 Å². The molecule has 0 radical (unpaired) electrons. The van der Waals surface area contributed by atoms with Crippen LogP contribution >= 0.6 is 23.6 Å². The molecular weight excluding hydrogens is 204 g/mol. The summed E-state index contributed by atoms with van der Waals surface area (Å²) in [5, 5.41) is 9.40. The number of hydrogen-bond donors (Lipinski definition) is 2. The number of thiocarbonyl (C=S) groups is 1. The van der Waals surface area contributed by atoms with Crippen molar-refractivity contribution in [3.63, 3.8) is 0 Å². The molecule has 0 saturated carbocycles. The zero-order valence-electron chi connectivity index (χ0n) is 6.73. The first-order valence-electron chi connectivity index (χ1n) is 3.36. The van der Waals surface area contributed by atoms with Crippen molar-refractivity contribution in [3.8, 4) is 0 Å². The van der Waals surface area contributed by atoms with Gasteiger partial charge in [-0.15, -0.1) is 11.3 Å². The maximum atomic E-state index is 9.00. The minimum atomic E-state index is -0.129. The molecule has 0 aliphatic rings. The van der Waals surface area contributed by atoms with Crippen LogP contribution in [0.5, 0.6) is 0 Å². The van der Waals surface area contributed by atoms with E-state index in [4.69, 9.17) is 5.11 Å². The highest BCUT2D eigenvalue weighted by molar-refractivity contribution is 7.80. The molecule has 0 unspecified atom stereocenters. The van der Waals surface area contributed by atoms with Gasteiger partial charge in [0.25, 0.3) is 0 Å². The number of nitrogens with zero attached hydrogens (tertiary/aromatic N) is 1. The number of aliphatic hydroxyl groups is 1. The normalized spacial score (nSPS) is 9.54. The van der Waals surface area contributed by atoms with Gasteiger partial charge in [-0.3, -0.25) is 0 Å². The van der Waals surface area contributed by atoms with Gasteiger partial charge in [-0.05, 0) is 24.4 Å². The first-order valence-corrected chi connectivity index (χ1v) is 4.59. The number of hydrogen-bond acceptors (Lipinski definition) is 4. The Morgan fingerprint density at radius 3 is 2.69 bits per heavy atom. The van der Waals surface area contributed by atoms with Crippen LogP contribution in [-0.2, 0) is 0 Å². The Hall–Kier alpha value is -1.04. The molecule has 68 valence electrons. The number of rotatable bonds is 1. The lowest BCUT2D eigenvalue weighted by atomic mass is 10.3. The van der Waals surface area contributed by atoms with Crippen molar-refractivity contribution >= 4 is 38.8 Å². The molecule has 1 aromatic heterocycles. The molecule has 0 aliphatic heterocycles. The average Bonchev–Trinajstić information content (AvgIpc) is 2.46. The lowest BCUT2D eigenvalue weighted by molar-refractivity contribution is 0.570. The molecule has 13 heavy (non-hydrogen) atoms. The lowest BCUT2D eigenvalue weighted by Gasteiger charge is -1.82. The van der Waals surface area contributed by atoms with Crippen LogP contribution in [0.15, 0.2) is 24.3 Å². The number of benzene rings is 1. The molecule has 1 aromatic carbocycles. The zero-order valence-corrected chi connectivity index (χ0v) is 8.36. The number of thiazole rings is 1. The highest BCUT2D eigenvalue weighted by atomic mass is 32.1. The van der Waals surface area contributed by atoms with Crippen molar-refractivity contribution in [2.45, 2.75) is 0 Å². The van der Waals surface area contributed by atoms with Crippen LogP contribution in [0.3, 0.4) is 0 Å². The fourth-order valence-electron chi connectivity index (χ4n) is 0.964. The number of aliphatic hydroxyl groups excluding tert-OH is 1. The Morgan fingerprint density at radius 2 is 2.08 bits per heavy atom. The van der Waals surface area contributed by atoms with Gasteiger partial charge >= 0.3 is 0 Å². The van der Waals surface area contributed by atoms with E-state index in [9.17, 15) is 0 Å². The van der Waals surface area contributed by atoms with Crippen LogP contribution in [0, 0.1) is 0 Å². The standard InChI is InChI=1S/C8H5NOS2.H3N/c10-8(11)7-9-5-3-1-2-4-6(5)12-7;/h1-4H,(H,10,11);1H3.